The van der Waals surface area contributed by atoms with Gasteiger partial charge in [-0.1, -0.05) is 30.3 Å². The van der Waals surface area contributed by atoms with Crippen molar-refractivity contribution in [3.8, 4) is 6.07 Å². The van der Waals surface area contributed by atoms with Gasteiger partial charge in [-0.05, 0) is 17.7 Å². The summed E-state index contributed by atoms with van der Waals surface area (Å²) < 4.78 is 0. The van der Waals surface area contributed by atoms with Gasteiger partial charge in [0.25, 0.3) is 0 Å². The summed E-state index contributed by atoms with van der Waals surface area (Å²) in [4.78, 5) is 20.8. The fourth-order valence-corrected chi connectivity index (χ4v) is 2.82. The first-order valence-corrected chi connectivity index (χ1v) is 7.89. The van der Waals surface area contributed by atoms with Gasteiger partial charge >= 0.3 is 0 Å². The number of nitrogens with two attached hydrogens (primary N) is 1. The molecule has 130 valence electrons. The lowest BCUT2D eigenvalue weighted by molar-refractivity contribution is -0.133. The maximum Gasteiger partial charge on any atom is 0.244 e. The third-order valence-corrected chi connectivity index (χ3v) is 4.21. The molecule has 2 heterocycles. The molecule has 1 unspecified atom stereocenters. The molecule has 1 aliphatic rings. The fourth-order valence-electron chi connectivity index (χ4n) is 2.82. The number of nitriles is 1. The van der Waals surface area contributed by atoms with Crippen LogP contribution in [0.25, 0.3) is 0 Å². The van der Waals surface area contributed by atoms with Crippen LogP contribution in [-0.4, -0.2) is 42.0 Å². The monoisotopic (exact) mass is 357 g/mol. The van der Waals surface area contributed by atoms with Gasteiger partial charge in [0.05, 0.1) is 11.6 Å². The summed E-state index contributed by atoms with van der Waals surface area (Å²) in [5.41, 5.74) is 7.51. The summed E-state index contributed by atoms with van der Waals surface area (Å²) in [6.45, 7) is 2.54. The zero-order valence-corrected chi connectivity index (χ0v) is 14.5. The molecule has 0 bridgehead atoms. The number of nitrogens with zero attached hydrogens (tertiary/aromatic N) is 4. The van der Waals surface area contributed by atoms with E-state index in [9.17, 15) is 4.79 Å². The molecule has 0 aliphatic carbocycles. The van der Waals surface area contributed by atoms with Gasteiger partial charge in [-0.15, -0.1) is 12.4 Å². The predicted octanol–water partition coefficient (Wildman–Crippen LogP) is 1.72. The second-order valence-electron chi connectivity index (χ2n) is 5.72. The number of pyridine rings is 1. The minimum atomic E-state index is -0.627. The van der Waals surface area contributed by atoms with Gasteiger partial charge in [0.1, 0.15) is 11.9 Å². The SMILES string of the molecule is Cl.N#Cc1ccnc(N2CCN(C(=O)C(N)c3ccccc3)CC2)c1. The smallest absolute Gasteiger partial charge is 0.244 e. The highest BCUT2D eigenvalue weighted by molar-refractivity contribution is 5.85. The van der Waals surface area contributed by atoms with E-state index in [0.29, 0.717) is 31.7 Å². The van der Waals surface area contributed by atoms with Crippen LogP contribution in [0.4, 0.5) is 5.82 Å². The van der Waals surface area contributed by atoms with E-state index in [2.05, 4.69) is 16.0 Å². The Bertz CT molecular complexity index is 754. The van der Waals surface area contributed by atoms with Crippen molar-refractivity contribution in [3.63, 3.8) is 0 Å². The summed E-state index contributed by atoms with van der Waals surface area (Å²) in [6.07, 6.45) is 1.64. The summed E-state index contributed by atoms with van der Waals surface area (Å²) in [5, 5.41) is 8.98. The topological polar surface area (TPSA) is 86.2 Å². The number of carbonyl (C=O) groups excluding carboxylic acids is 1. The van der Waals surface area contributed by atoms with Gasteiger partial charge in [0, 0.05) is 32.4 Å². The van der Waals surface area contributed by atoms with Crippen LogP contribution in [0.5, 0.6) is 0 Å². The molecule has 1 aromatic carbocycles. The number of anilines is 1. The lowest BCUT2D eigenvalue weighted by Crippen LogP contribution is -2.51. The quantitative estimate of drug-likeness (QED) is 0.903. The number of halogens is 1. The highest BCUT2D eigenvalue weighted by atomic mass is 35.5. The fraction of sp³-hybridized carbons (Fsp3) is 0.278. The molecular formula is C18H20ClN5O. The number of piperazine rings is 1. The summed E-state index contributed by atoms with van der Waals surface area (Å²) in [5.74, 6) is 0.716. The van der Waals surface area contributed by atoms with Crippen LogP contribution < -0.4 is 10.6 Å². The molecule has 1 aromatic heterocycles. The van der Waals surface area contributed by atoms with Crippen LogP contribution in [0.15, 0.2) is 48.7 Å². The molecule has 0 radical (unpaired) electrons. The normalized spacial score (nSPS) is 15.0. The lowest BCUT2D eigenvalue weighted by Gasteiger charge is -2.36. The maximum absolute atomic E-state index is 12.6. The number of carbonyl (C=O) groups is 1. The molecule has 1 fully saturated rings. The van der Waals surface area contributed by atoms with E-state index < -0.39 is 6.04 Å². The molecule has 0 saturated carbocycles. The average molecular weight is 358 g/mol. The Kier molecular flexibility index (Phi) is 6.34. The van der Waals surface area contributed by atoms with E-state index >= 15 is 0 Å². The van der Waals surface area contributed by atoms with Gasteiger partial charge < -0.3 is 15.5 Å². The zero-order valence-electron chi connectivity index (χ0n) is 13.7. The molecule has 3 rings (SSSR count). The molecule has 7 heteroatoms. The van der Waals surface area contributed by atoms with Crippen molar-refractivity contribution >= 4 is 24.1 Å². The second kappa shape index (κ2) is 8.47. The first kappa shape index (κ1) is 18.7. The third-order valence-electron chi connectivity index (χ3n) is 4.21. The number of hydrogen-bond donors (Lipinski definition) is 1. The average Bonchev–Trinajstić information content (AvgIpc) is 2.67. The highest BCUT2D eigenvalue weighted by Crippen LogP contribution is 2.18. The van der Waals surface area contributed by atoms with E-state index in [0.717, 1.165) is 11.4 Å². The Balaban J connectivity index is 0.00000225. The standard InChI is InChI=1S/C18H19N5O.ClH/c19-13-14-6-7-21-16(12-14)22-8-10-23(11-9-22)18(24)17(20)15-4-2-1-3-5-15;/h1-7,12,17H,8-11,20H2;1H. The molecule has 6 nitrogen and oxygen atoms in total. The van der Waals surface area contributed by atoms with Crippen molar-refractivity contribution in [2.45, 2.75) is 6.04 Å². The van der Waals surface area contributed by atoms with Gasteiger partial charge in [0.15, 0.2) is 0 Å². The molecule has 1 atom stereocenters. The maximum atomic E-state index is 12.6. The summed E-state index contributed by atoms with van der Waals surface area (Å²) in [6, 6.07) is 14.4. The van der Waals surface area contributed by atoms with E-state index in [1.54, 1.807) is 23.2 Å². The van der Waals surface area contributed by atoms with Gasteiger partial charge in [-0.3, -0.25) is 4.79 Å². The number of amides is 1. The Morgan fingerprint density at radius 3 is 2.48 bits per heavy atom. The number of aromatic nitrogens is 1. The summed E-state index contributed by atoms with van der Waals surface area (Å²) in [7, 11) is 0. The molecule has 25 heavy (non-hydrogen) atoms. The van der Waals surface area contributed by atoms with Crippen LogP contribution in [-0.2, 0) is 4.79 Å². The first-order chi connectivity index (χ1) is 11.7. The van der Waals surface area contributed by atoms with Crippen molar-refractivity contribution in [2.75, 3.05) is 31.1 Å². The number of hydrogen-bond acceptors (Lipinski definition) is 5. The Morgan fingerprint density at radius 2 is 1.84 bits per heavy atom. The zero-order chi connectivity index (χ0) is 16.9. The first-order valence-electron chi connectivity index (χ1n) is 7.89. The van der Waals surface area contributed by atoms with Crippen molar-refractivity contribution in [1.29, 1.82) is 5.26 Å². The number of benzene rings is 1. The van der Waals surface area contributed by atoms with E-state index in [-0.39, 0.29) is 18.3 Å². The predicted molar refractivity (Wildman–Crippen MR) is 98.4 cm³/mol. The van der Waals surface area contributed by atoms with Crippen LogP contribution >= 0.6 is 12.4 Å². The highest BCUT2D eigenvalue weighted by Gasteiger charge is 2.26. The molecular weight excluding hydrogens is 338 g/mol. The van der Waals surface area contributed by atoms with Crippen LogP contribution in [0, 0.1) is 11.3 Å². The molecule has 0 spiro atoms. The molecule has 2 aromatic rings. The van der Waals surface area contributed by atoms with Crippen LogP contribution in [0.3, 0.4) is 0 Å². The van der Waals surface area contributed by atoms with Crippen molar-refractivity contribution in [3.05, 3.63) is 59.8 Å². The van der Waals surface area contributed by atoms with Crippen molar-refractivity contribution in [1.82, 2.24) is 9.88 Å². The Labute approximate surface area is 153 Å². The lowest BCUT2D eigenvalue weighted by atomic mass is 10.1. The second-order valence-corrected chi connectivity index (χ2v) is 5.72. The van der Waals surface area contributed by atoms with E-state index in [1.165, 1.54) is 0 Å². The van der Waals surface area contributed by atoms with Gasteiger partial charge in [0.2, 0.25) is 5.91 Å². The molecule has 2 N–H and O–H groups in total. The number of rotatable bonds is 3. The molecule has 1 saturated heterocycles. The van der Waals surface area contributed by atoms with Crippen molar-refractivity contribution in [2.24, 2.45) is 5.73 Å². The van der Waals surface area contributed by atoms with Crippen LogP contribution in [0.1, 0.15) is 17.2 Å². The summed E-state index contributed by atoms with van der Waals surface area (Å²) >= 11 is 0. The van der Waals surface area contributed by atoms with Crippen molar-refractivity contribution < 1.29 is 4.79 Å². The minimum Gasteiger partial charge on any atom is -0.353 e. The Morgan fingerprint density at radius 1 is 1.16 bits per heavy atom. The minimum absolute atomic E-state index is 0. The van der Waals surface area contributed by atoms with E-state index in [1.807, 2.05) is 30.3 Å². The van der Waals surface area contributed by atoms with Gasteiger partial charge in [-0.25, -0.2) is 4.98 Å². The molecule has 1 amide bonds. The third kappa shape index (κ3) is 4.27. The largest absolute Gasteiger partial charge is 0.353 e. The Hall–Kier alpha value is -2.62. The van der Waals surface area contributed by atoms with E-state index in [4.69, 9.17) is 11.0 Å². The van der Waals surface area contributed by atoms with Crippen LogP contribution in [0.2, 0.25) is 0 Å². The van der Waals surface area contributed by atoms with Gasteiger partial charge in [-0.2, -0.15) is 5.26 Å². The molecule has 1 aliphatic heterocycles.